The van der Waals surface area contributed by atoms with Crippen molar-refractivity contribution in [2.75, 3.05) is 5.32 Å². The Bertz CT molecular complexity index is 696. The number of nitriles is 1. The number of aromatic nitrogens is 1. The number of pyridine rings is 1. The number of rotatable bonds is 4. The van der Waals surface area contributed by atoms with Crippen molar-refractivity contribution >= 4 is 5.82 Å². The Labute approximate surface area is 131 Å². The van der Waals surface area contributed by atoms with Crippen LogP contribution in [0.1, 0.15) is 60.8 Å². The van der Waals surface area contributed by atoms with Gasteiger partial charge in [-0.3, -0.25) is 5.32 Å². The SMILES string of the molecule is CC(C)c1[nH+]c(NCc2ccco2)c(C#N)c2c1CCCC2. The van der Waals surface area contributed by atoms with Crippen LogP contribution >= 0.6 is 0 Å². The highest BCUT2D eigenvalue weighted by Gasteiger charge is 2.26. The van der Waals surface area contributed by atoms with Crippen molar-refractivity contribution in [3.8, 4) is 6.07 Å². The number of aromatic amines is 1. The lowest BCUT2D eigenvalue weighted by molar-refractivity contribution is -0.377. The fourth-order valence-corrected chi connectivity index (χ4v) is 3.24. The van der Waals surface area contributed by atoms with Crippen LogP contribution in [0.3, 0.4) is 0 Å². The summed E-state index contributed by atoms with van der Waals surface area (Å²) in [6.45, 7) is 4.97. The molecule has 0 fully saturated rings. The van der Waals surface area contributed by atoms with E-state index in [-0.39, 0.29) is 0 Å². The Morgan fingerprint density at radius 2 is 2.09 bits per heavy atom. The Morgan fingerprint density at radius 3 is 2.73 bits per heavy atom. The molecule has 0 saturated heterocycles. The van der Waals surface area contributed by atoms with E-state index < -0.39 is 0 Å². The highest BCUT2D eigenvalue weighted by atomic mass is 16.3. The third-order valence-corrected chi connectivity index (χ3v) is 4.31. The molecule has 2 N–H and O–H groups in total. The number of H-pyrrole nitrogens is 1. The quantitative estimate of drug-likeness (QED) is 0.938. The number of anilines is 1. The zero-order chi connectivity index (χ0) is 15.5. The molecule has 22 heavy (non-hydrogen) atoms. The summed E-state index contributed by atoms with van der Waals surface area (Å²) in [6.07, 6.45) is 6.12. The van der Waals surface area contributed by atoms with Crippen LogP contribution in [0, 0.1) is 11.3 Å². The maximum Gasteiger partial charge on any atom is 0.291 e. The topological polar surface area (TPSA) is 63.1 Å². The molecular weight excluding hydrogens is 274 g/mol. The molecule has 0 bridgehead atoms. The molecule has 0 unspecified atom stereocenters. The van der Waals surface area contributed by atoms with E-state index in [0.717, 1.165) is 30.0 Å². The molecule has 114 valence electrons. The largest absolute Gasteiger partial charge is 0.465 e. The standard InChI is InChI=1S/C18H21N3O/c1-12(2)17-15-8-4-3-7-14(15)16(10-19)18(21-17)20-11-13-6-5-9-22-13/h5-6,9,12H,3-4,7-8,11H2,1-2H3,(H,20,21)/p+1. The number of nitrogens with one attached hydrogen (secondary N) is 2. The minimum absolute atomic E-state index is 0.420. The summed E-state index contributed by atoms with van der Waals surface area (Å²) in [5.74, 6) is 2.10. The molecule has 4 nitrogen and oxygen atoms in total. The van der Waals surface area contributed by atoms with Crippen molar-refractivity contribution in [3.05, 3.63) is 46.5 Å². The van der Waals surface area contributed by atoms with E-state index in [9.17, 15) is 5.26 Å². The van der Waals surface area contributed by atoms with E-state index in [0.29, 0.717) is 12.5 Å². The lowest BCUT2D eigenvalue weighted by Crippen LogP contribution is -2.26. The molecule has 0 atom stereocenters. The van der Waals surface area contributed by atoms with Gasteiger partial charge in [-0.05, 0) is 48.9 Å². The number of nitrogens with zero attached hydrogens (tertiary/aromatic N) is 1. The maximum atomic E-state index is 9.63. The van der Waals surface area contributed by atoms with E-state index in [4.69, 9.17) is 4.42 Å². The van der Waals surface area contributed by atoms with E-state index in [2.05, 4.69) is 30.2 Å². The van der Waals surface area contributed by atoms with Gasteiger partial charge < -0.3 is 4.42 Å². The predicted molar refractivity (Wildman–Crippen MR) is 84.5 cm³/mol. The van der Waals surface area contributed by atoms with Crippen LogP contribution in [0.25, 0.3) is 0 Å². The van der Waals surface area contributed by atoms with E-state index in [1.54, 1.807) is 6.26 Å². The summed E-state index contributed by atoms with van der Waals surface area (Å²) < 4.78 is 5.36. The van der Waals surface area contributed by atoms with Crippen molar-refractivity contribution in [3.63, 3.8) is 0 Å². The lowest BCUT2D eigenvalue weighted by atomic mass is 9.85. The molecule has 0 spiro atoms. The second-order valence-corrected chi connectivity index (χ2v) is 6.15. The average molecular weight is 296 g/mol. The van der Waals surface area contributed by atoms with Crippen molar-refractivity contribution in [1.29, 1.82) is 5.26 Å². The van der Waals surface area contributed by atoms with Gasteiger partial charge in [-0.15, -0.1) is 0 Å². The third-order valence-electron chi connectivity index (χ3n) is 4.31. The van der Waals surface area contributed by atoms with Crippen LogP contribution in [0.15, 0.2) is 22.8 Å². The Morgan fingerprint density at radius 1 is 1.32 bits per heavy atom. The average Bonchev–Trinajstić information content (AvgIpc) is 3.04. The smallest absolute Gasteiger partial charge is 0.291 e. The molecule has 0 aliphatic heterocycles. The lowest BCUT2D eigenvalue weighted by Gasteiger charge is -2.21. The van der Waals surface area contributed by atoms with Gasteiger partial charge in [0.25, 0.3) is 5.82 Å². The van der Waals surface area contributed by atoms with Crippen LogP contribution in [0.2, 0.25) is 0 Å². The van der Waals surface area contributed by atoms with Gasteiger partial charge in [-0.2, -0.15) is 5.26 Å². The van der Waals surface area contributed by atoms with Crippen molar-refractivity contribution in [1.82, 2.24) is 0 Å². The Kier molecular flexibility index (Phi) is 4.15. The normalized spacial score (nSPS) is 13.7. The van der Waals surface area contributed by atoms with E-state index in [1.807, 2.05) is 12.1 Å². The number of hydrogen-bond acceptors (Lipinski definition) is 3. The van der Waals surface area contributed by atoms with Gasteiger partial charge >= 0.3 is 0 Å². The molecule has 2 aromatic rings. The fraction of sp³-hybridized carbons (Fsp3) is 0.444. The van der Waals surface area contributed by atoms with Gasteiger partial charge in [0.05, 0.1) is 6.26 Å². The zero-order valence-electron chi connectivity index (χ0n) is 13.2. The van der Waals surface area contributed by atoms with Crippen LogP contribution in [-0.4, -0.2) is 0 Å². The van der Waals surface area contributed by atoms with Crippen LogP contribution in [-0.2, 0) is 19.4 Å². The second kappa shape index (κ2) is 6.23. The summed E-state index contributed by atoms with van der Waals surface area (Å²) in [4.78, 5) is 3.48. The predicted octanol–water partition coefficient (Wildman–Crippen LogP) is 3.58. The van der Waals surface area contributed by atoms with Crippen molar-refractivity contribution in [2.24, 2.45) is 0 Å². The molecule has 3 rings (SSSR count). The fourth-order valence-electron chi connectivity index (χ4n) is 3.24. The first-order valence-corrected chi connectivity index (χ1v) is 7.98. The molecule has 4 heteroatoms. The molecule has 0 radical (unpaired) electrons. The molecule has 2 heterocycles. The first-order chi connectivity index (χ1) is 10.7. The summed E-state index contributed by atoms with van der Waals surface area (Å²) in [6, 6.07) is 6.20. The van der Waals surface area contributed by atoms with E-state index in [1.165, 1.54) is 29.7 Å². The minimum Gasteiger partial charge on any atom is -0.465 e. The van der Waals surface area contributed by atoms with Crippen molar-refractivity contribution < 1.29 is 9.40 Å². The molecule has 1 aliphatic rings. The van der Waals surface area contributed by atoms with Crippen LogP contribution < -0.4 is 10.3 Å². The number of fused-ring (bicyclic) bond motifs is 1. The monoisotopic (exact) mass is 296 g/mol. The Hall–Kier alpha value is -2.28. The molecule has 0 saturated carbocycles. The molecule has 1 aliphatic carbocycles. The third kappa shape index (κ3) is 2.71. The summed E-state index contributed by atoms with van der Waals surface area (Å²) in [7, 11) is 0. The first-order valence-electron chi connectivity index (χ1n) is 7.98. The number of hydrogen-bond donors (Lipinski definition) is 1. The van der Waals surface area contributed by atoms with Gasteiger partial charge in [0.15, 0.2) is 0 Å². The van der Waals surface area contributed by atoms with Gasteiger partial charge in [0.2, 0.25) is 0 Å². The van der Waals surface area contributed by atoms with Gasteiger partial charge in [-0.25, -0.2) is 4.98 Å². The summed E-state index contributed by atoms with van der Waals surface area (Å²) in [5.41, 5.74) is 4.63. The van der Waals surface area contributed by atoms with Crippen molar-refractivity contribution in [2.45, 2.75) is 52.0 Å². The van der Waals surface area contributed by atoms with Gasteiger partial charge in [0.1, 0.15) is 29.6 Å². The van der Waals surface area contributed by atoms with Gasteiger partial charge in [-0.1, -0.05) is 13.8 Å². The summed E-state index contributed by atoms with van der Waals surface area (Å²) >= 11 is 0. The molecule has 0 aromatic carbocycles. The highest BCUT2D eigenvalue weighted by Crippen LogP contribution is 2.31. The van der Waals surface area contributed by atoms with E-state index >= 15 is 0 Å². The Balaban J connectivity index is 2.01. The molecule has 2 aromatic heterocycles. The van der Waals surface area contributed by atoms with Crippen LogP contribution in [0.5, 0.6) is 0 Å². The minimum atomic E-state index is 0.420. The number of furan rings is 1. The van der Waals surface area contributed by atoms with Crippen LogP contribution in [0.4, 0.5) is 5.82 Å². The highest BCUT2D eigenvalue weighted by molar-refractivity contribution is 5.56. The first kappa shape index (κ1) is 14.6. The molecular formula is C18H22N3O+. The zero-order valence-corrected chi connectivity index (χ0v) is 13.2. The second-order valence-electron chi connectivity index (χ2n) is 6.15. The van der Waals surface area contributed by atoms with Gasteiger partial charge in [0, 0.05) is 5.92 Å². The molecule has 0 amide bonds. The maximum absolute atomic E-state index is 9.63. The summed E-state index contributed by atoms with van der Waals surface area (Å²) in [5, 5.41) is 13.0.